The highest BCUT2D eigenvalue weighted by Gasteiger charge is 2.24. The van der Waals surface area contributed by atoms with Crippen LogP contribution in [-0.4, -0.2) is 40.1 Å². The molecule has 0 spiro atoms. The van der Waals surface area contributed by atoms with Crippen molar-refractivity contribution in [1.29, 1.82) is 0 Å². The van der Waals surface area contributed by atoms with E-state index in [0.29, 0.717) is 30.4 Å². The number of aryl methyl sites for hydroxylation is 1. The van der Waals surface area contributed by atoms with E-state index < -0.39 is 0 Å². The number of benzene rings is 1. The van der Waals surface area contributed by atoms with Gasteiger partial charge in [-0.05, 0) is 30.5 Å². The molecule has 1 amide bonds. The SMILES string of the molecule is Cc1nc(COC2CCCN(C(=O)Cc3cccc(F)c3)C2)no1. The average Bonchev–Trinajstić information content (AvgIpc) is 2.99. The number of halogens is 1. The lowest BCUT2D eigenvalue weighted by molar-refractivity contribution is -0.135. The van der Waals surface area contributed by atoms with Crippen molar-refractivity contribution in [3.05, 3.63) is 47.4 Å². The van der Waals surface area contributed by atoms with Crippen molar-refractivity contribution < 1.29 is 18.4 Å². The number of nitrogens with zero attached hydrogens (tertiary/aromatic N) is 3. The van der Waals surface area contributed by atoms with Gasteiger partial charge in [0.25, 0.3) is 0 Å². The summed E-state index contributed by atoms with van der Waals surface area (Å²) in [5.74, 6) is 0.680. The highest BCUT2D eigenvalue weighted by Crippen LogP contribution is 2.16. The van der Waals surface area contributed by atoms with Crippen molar-refractivity contribution in [2.45, 2.75) is 38.9 Å². The fourth-order valence-corrected chi connectivity index (χ4v) is 2.83. The van der Waals surface area contributed by atoms with E-state index in [1.165, 1.54) is 12.1 Å². The summed E-state index contributed by atoms with van der Waals surface area (Å²) >= 11 is 0. The molecule has 1 unspecified atom stereocenters. The van der Waals surface area contributed by atoms with Crippen molar-refractivity contribution in [3.8, 4) is 0 Å². The predicted octanol–water partition coefficient (Wildman–Crippen LogP) is 2.27. The molecule has 0 saturated carbocycles. The minimum atomic E-state index is -0.324. The standard InChI is InChI=1S/C17H20FN3O3/c1-12-19-16(20-24-12)11-23-15-6-3-7-21(10-15)17(22)9-13-4-2-5-14(18)8-13/h2,4-5,8,15H,3,6-7,9-11H2,1H3. The minimum Gasteiger partial charge on any atom is -0.368 e. The van der Waals surface area contributed by atoms with Crippen molar-refractivity contribution in [1.82, 2.24) is 15.0 Å². The first-order chi connectivity index (χ1) is 11.6. The summed E-state index contributed by atoms with van der Waals surface area (Å²) in [5, 5.41) is 3.79. The van der Waals surface area contributed by atoms with E-state index in [-0.39, 0.29) is 30.9 Å². The molecule has 1 atom stereocenters. The summed E-state index contributed by atoms with van der Waals surface area (Å²) in [7, 11) is 0. The van der Waals surface area contributed by atoms with Gasteiger partial charge in [-0.2, -0.15) is 4.98 Å². The van der Waals surface area contributed by atoms with E-state index in [9.17, 15) is 9.18 Å². The predicted molar refractivity (Wildman–Crippen MR) is 83.5 cm³/mol. The molecule has 1 aliphatic rings. The van der Waals surface area contributed by atoms with E-state index in [1.54, 1.807) is 24.0 Å². The van der Waals surface area contributed by atoms with Crippen molar-refractivity contribution >= 4 is 5.91 Å². The molecule has 1 aromatic heterocycles. The Labute approximate surface area is 139 Å². The Bertz CT molecular complexity index is 704. The van der Waals surface area contributed by atoms with Gasteiger partial charge in [-0.25, -0.2) is 4.39 Å². The Kier molecular flexibility index (Phi) is 5.20. The van der Waals surface area contributed by atoms with Crippen LogP contribution in [0, 0.1) is 12.7 Å². The van der Waals surface area contributed by atoms with Gasteiger partial charge in [0.15, 0.2) is 5.82 Å². The van der Waals surface area contributed by atoms with E-state index in [1.807, 2.05) is 0 Å². The number of hydrogen-bond acceptors (Lipinski definition) is 5. The van der Waals surface area contributed by atoms with Crippen LogP contribution >= 0.6 is 0 Å². The van der Waals surface area contributed by atoms with Crippen molar-refractivity contribution in [2.24, 2.45) is 0 Å². The number of ether oxygens (including phenoxy) is 1. The average molecular weight is 333 g/mol. The molecule has 24 heavy (non-hydrogen) atoms. The molecular formula is C17H20FN3O3. The first-order valence-electron chi connectivity index (χ1n) is 8.03. The van der Waals surface area contributed by atoms with Crippen LogP contribution in [0.4, 0.5) is 4.39 Å². The Balaban J connectivity index is 1.51. The van der Waals surface area contributed by atoms with Gasteiger partial charge in [0.2, 0.25) is 11.8 Å². The molecule has 7 heteroatoms. The first-order valence-corrected chi connectivity index (χ1v) is 8.03. The van der Waals surface area contributed by atoms with Crippen molar-refractivity contribution in [3.63, 3.8) is 0 Å². The second kappa shape index (κ2) is 7.53. The maximum atomic E-state index is 13.2. The third-order valence-corrected chi connectivity index (χ3v) is 3.99. The zero-order valence-electron chi connectivity index (χ0n) is 13.6. The first kappa shape index (κ1) is 16.6. The number of rotatable bonds is 5. The Morgan fingerprint density at radius 2 is 2.38 bits per heavy atom. The molecule has 1 fully saturated rings. The van der Waals surface area contributed by atoms with Gasteiger partial charge in [-0.1, -0.05) is 17.3 Å². The Morgan fingerprint density at radius 1 is 1.50 bits per heavy atom. The normalized spacial score (nSPS) is 17.9. The highest BCUT2D eigenvalue weighted by atomic mass is 19.1. The number of aromatic nitrogens is 2. The zero-order chi connectivity index (χ0) is 16.9. The second-order valence-corrected chi connectivity index (χ2v) is 5.95. The zero-order valence-corrected chi connectivity index (χ0v) is 13.6. The lowest BCUT2D eigenvalue weighted by Gasteiger charge is -2.32. The summed E-state index contributed by atoms with van der Waals surface area (Å²) in [4.78, 5) is 18.3. The van der Waals surface area contributed by atoms with Crippen LogP contribution in [0.2, 0.25) is 0 Å². The fraction of sp³-hybridized carbons (Fsp3) is 0.471. The van der Waals surface area contributed by atoms with Crippen LogP contribution < -0.4 is 0 Å². The van der Waals surface area contributed by atoms with Gasteiger partial charge in [-0.15, -0.1) is 0 Å². The van der Waals surface area contributed by atoms with E-state index in [2.05, 4.69) is 10.1 Å². The summed E-state index contributed by atoms with van der Waals surface area (Å²) in [5.41, 5.74) is 0.685. The van der Waals surface area contributed by atoms with Gasteiger partial charge in [0.05, 0.1) is 12.5 Å². The molecule has 3 rings (SSSR count). The van der Waals surface area contributed by atoms with Crippen LogP contribution in [0.1, 0.15) is 30.1 Å². The molecular weight excluding hydrogens is 313 g/mol. The Hall–Kier alpha value is -2.28. The topological polar surface area (TPSA) is 68.5 Å². The van der Waals surface area contributed by atoms with Crippen LogP contribution in [0.3, 0.4) is 0 Å². The largest absolute Gasteiger partial charge is 0.368 e. The molecule has 1 aliphatic heterocycles. The molecule has 0 N–H and O–H groups in total. The Morgan fingerprint density at radius 3 is 3.12 bits per heavy atom. The maximum absolute atomic E-state index is 13.2. The molecule has 0 bridgehead atoms. The lowest BCUT2D eigenvalue weighted by Crippen LogP contribution is -2.43. The number of likely N-dealkylation sites (tertiary alicyclic amines) is 1. The molecule has 6 nitrogen and oxygen atoms in total. The third kappa shape index (κ3) is 4.38. The van der Waals surface area contributed by atoms with E-state index >= 15 is 0 Å². The molecule has 1 saturated heterocycles. The molecule has 2 heterocycles. The van der Waals surface area contributed by atoms with Crippen LogP contribution in [0.25, 0.3) is 0 Å². The van der Waals surface area contributed by atoms with Gasteiger partial charge in [0, 0.05) is 20.0 Å². The number of carbonyl (C=O) groups is 1. The maximum Gasteiger partial charge on any atom is 0.227 e. The number of carbonyl (C=O) groups excluding carboxylic acids is 1. The number of hydrogen-bond donors (Lipinski definition) is 0. The molecule has 1 aromatic carbocycles. The monoisotopic (exact) mass is 333 g/mol. The number of piperidine rings is 1. The van der Waals surface area contributed by atoms with Crippen LogP contribution in [0.5, 0.6) is 0 Å². The lowest BCUT2D eigenvalue weighted by atomic mass is 10.1. The quantitative estimate of drug-likeness (QED) is 0.839. The highest BCUT2D eigenvalue weighted by molar-refractivity contribution is 5.78. The van der Waals surface area contributed by atoms with Gasteiger partial charge < -0.3 is 14.2 Å². The third-order valence-electron chi connectivity index (χ3n) is 3.99. The summed E-state index contributed by atoms with van der Waals surface area (Å²) in [6.45, 7) is 3.23. The summed E-state index contributed by atoms with van der Waals surface area (Å²) in [6.07, 6.45) is 1.92. The van der Waals surface area contributed by atoms with E-state index in [0.717, 1.165) is 12.8 Å². The van der Waals surface area contributed by atoms with Gasteiger partial charge in [-0.3, -0.25) is 4.79 Å². The second-order valence-electron chi connectivity index (χ2n) is 5.95. The van der Waals surface area contributed by atoms with E-state index in [4.69, 9.17) is 9.26 Å². The molecule has 0 aliphatic carbocycles. The fourth-order valence-electron chi connectivity index (χ4n) is 2.83. The number of amides is 1. The van der Waals surface area contributed by atoms with Crippen LogP contribution in [-0.2, 0) is 22.6 Å². The smallest absolute Gasteiger partial charge is 0.227 e. The summed E-state index contributed by atoms with van der Waals surface area (Å²) < 4.78 is 23.9. The molecule has 128 valence electrons. The minimum absolute atomic E-state index is 0.00990. The van der Waals surface area contributed by atoms with Gasteiger partial charge >= 0.3 is 0 Å². The molecule has 0 radical (unpaired) electrons. The summed E-state index contributed by atoms with van der Waals surface area (Å²) in [6, 6.07) is 6.15. The molecule has 2 aromatic rings. The van der Waals surface area contributed by atoms with Crippen molar-refractivity contribution in [2.75, 3.05) is 13.1 Å². The van der Waals surface area contributed by atoms with Crippen LogP contribution in [0.15, 0.2) is 28.8 Å². The van der Waals surface area contributed by atoms with Gasteiger partial charge in [0.1, 0.15) is 12.4 Å².